The number of rotatable bonds is 6. The van der Waals surface area contributed by atoms with Crippen molar-refractivity contribution in [3.8, 4) is 0 Å². The maximum Gasteiger partial charge on any atom is 0.107 e. The van der Waals surface area contributed by atoms with Crippen LogP contribution in [-0.2, 0) is 13.1 Å². The molecule has 1 aliphatic carbocycles. The van der Waals surface area contributed by atoms with Crippen LogP contribution in [0.5, 0.6) is 0 Å². The molecule has 0 saturated heterocycles. The van der Waals surface area contributed by atoms with Crippen LogP contribution in [0.1, 0.15) is 37.4 Å². The van der Waals surface area contributed by atoms with E-state index in [0.29, 0.717) is 6.04 Å². The van der Waals surface area contributed by atoms with E-state index in [1.165, 1.54) is 23.5 Å². The van der Waals surface area contributed by atoms with Gasteiger partial charge in [-0.3, -0.25) is 4.90 Å². The molecule has 0 aromatic carbocycles. The molecule has 1 aliphatic rings. The summed E-state index contributed by atoms with van der Waals surface area (Å²) in [6, 6.07) is 1.35. The maximum atomic E-state index is 4.65. The summed E-state index contributed by atoms with van der Waals surface area (Å²) in [5.41, 5.74) is 1.22. The van der Waals surface area contributed by atoms with Gasteiger partial charge in [0.25, 0.3) is 0 Å². The van der Waals surface area contributed by atoms with Crippen molar-refractivity contribution in [2.75, 3.05) is 7.05 Å². The Morgan fingerprint density at radius 3 is 2.94 bits per heavy atom. The van der Waals surface area contributed by atoms with Crippen molar-refractivity contribution in [3.05, 3.63) is 16.1 Å². The molecule has 0 atom stereocenters. The quantitative estimate of drug-likeness (QED) is 0.825. The number of thiazole rings is 1. The van der Waals surface area contributed by atoms with Gasteiger partial charge in [0.2, 0.25) is 0 Å². The van der Waals surface area contributed by atoms with Gasteiger partial charge in [-0.25, -0.2) is 4.98 Å². The van der Waals surface area contributed by atoms with Crippen LogP contribution in [0.25, 0.3) is 0 Å². The summed E-state index contributed by atoms with van der Waals surface area (Å²) in [6.07, 6.45) is 2.73. The van der Waals surface area contributed by atoms with E-state index >= 15 is 0 Å². The third-order valence-corrected chi connectivity index (χ3v) is 3.74. The smallest absolute Gasteiger partial charge is 0.107 e. The molecule has 16 heavy (non-hydrogen) atoms. The van der Waals surface area contributed by atoms with Gasteiger partial charge in [-0.1, -0.05) is 13.8 Å². The molecule has 1 aromatic rings. The summed E-state index contributed by atoms with van der Waals surface area (Å²) in [4.78, 5) is 7.06. The Balaban J connectivity index is 1.81. The molecule has 1 fully saturated rings. The Hall–Kier alpha value is -0.450. The number of nitrogens with zero attached hydrogens (tertiary/aromatic N) is 2. The average molecular weight is 239 g/mol. The van der Waals surface area contributed by atoms with E-state index in [2.05, 4.69) is 41.5 Å². The number of hydrogen-bond acceptors (Lipinski definition) is 4. The zero-order chi connectivity index (χ0) is 11.5. The Bertz CT molecular complexity index is 331. The average Bonchev–Trinajstić information content (AvgIpc) is 2.98. The summed E-state index contributed by atoms with van der Waals surface area (Å²) in [5.74, 6) is 0. The second-order valence-electron chi connectivity index (χ2n) is 4.91. The number of aromatic nitrogens is 1. The molecule has 1 heterocycles. The molecule has 1 aromatic heterocycles. The van der Waals surface area contributed by atoms with Crippen molar-refractivity contribution in [2.45, 2.75) is 51.9 Å². The fourth-order valence-electron chi connectivity index (χ4n) is 1.69. The van der Waals surface area contributed by atoms with Crippen LogP contribution in [-0.4, -0.2) is 29.0 Å². The predicted octanol–water partition coefficient (Wildman–Crippen LogP) is 2.24. The zero-order valence-electron chi connectivity index (χ0n) is 10.4. The monoisotopic (exact) mass is 239 g/mol. The number of nitrogens with one attached hydrogen (secondary N) is 1. The highest BCUT2D eigenvalue weighted by Crippen LogP contribution is 2.26. The van der Waals surface area contributed by atoms with Gasteiger partial charge in [-0.2, -0.15) is 0 Å². The van der Waals surface area contributed by atoms with Gasteiger partial charge in [0.15, 0.2) is 0 Å². The SMILES string of the molecule is CC(C)NCc1nc(CN(C)C2CC2)cs1. The van der Waals surface area contributed by atoms with Crippen molar-refractivity contribution in [3.63, 3.8) is 0 Å². The third kappa shape index (κ3) is 3.54. The highest BCUT2D eigenvalue weighted by Gasteiger charge is 2.26. The Labute approximate surface area is 102 Å². The first kappa shape index (κ1) is 12.0. The molecule has 1 saturated carbocycles. The van der Waals surface area contributed by atoms with Gasteiger partial charge in [0.1, 0.15) is 5.01 Å². The topological polar surface area (TPSA) is 28.2 Å². The van der Waals surface area contributed by atoms with Gasteiger partial charge in [-0.15, -0.1) is 11.3 Å². The summed E-state index contributed by atoms with van der Waals surface area (Å²) in [5, 5.41) is 6.79. The molecular weight excluding hydrogens is 218 g/mol. The van der Waals surface area contributed by atoms with E-state index in [-0.39, 0.29) is 0 Å². The van der Waals surface area contributed by atoms with Crippen LogP contribution in [0.4, 0.5) is 0 Å². The van der Waals surface area contributed by atoms with Gasteiger partial charge in [0, 0.05) is 30.6 Å². The first-order chi connectivity index (χ1) is 7.65. The first-order valence-corrected chi connectivity index (χ1v) is 6.90. The van der Waals surface area contributed by atoms with Crippen molar-refractivity contribution in [1.29, 1.82) is 0 Å². The second kappa shape index (κ2) is 5.25. The molecule has 3 nitrogen and oxygen atoms in total. The molecule has 0 spiro atoms. The molecular formula is C12H21N3S. The van der Waals surface area contributed by atoms with E-state index in [0.717, 1.165) is 19.1 Å². The molecule has 0 amide bonds. The molecule has 0 unspecified atom stereocenters. The minimum Gasteiger partial charge on any atom is -0.308 e. The lowest BCUT2D eigenvalue weighted by atomic mass is 10.4. The Kier molecular flexibility index (Phi) is 3.95. The van der Waals surface area contributed by atoms with Crippen LogP contribution in [0.15, 0.2) is 5.38 Å². The van der Waals surface area contributed by atoms with Crippen LogP contribution in [0, 0.1) is 0 Å². The van der Waals surface area contributed by atoms with E-state index < -0.39 is 0 Å². The highest BCUT2D eigenvalue weighted by molar-refractivity contribution is 7.09. The fourth-order valence-corrected chi connectivity index (χ4v) is 2.43. The molecule has 0 aliphatic heterocycles. The molecule has 4 heteroatoms. The van der Waals surface area contributed by atoms with Gasteiger partial charge < -0.3 is 5.32 Å². The highest BCUT2D eigenvalue weighted by atomic mass is 32.1. The minimum absolute atomic E-state index is 0.529. The third-order valence-electron chi connectivity index (χ3n) is 2.84. The van der Waals surface area contributed by atoms with Crippen molar-refractivity contribution < 1.29 is 0 Å². The van der Waals surface area contributed by atoms with E-state index in [9.17, 15) is 0 Å². The van der Waals surface area contributed by atoms with Crippen molar-refractivity contribution in [1.82, 2.24) is 15.2 Å². The number of hydrogen-bond donors (Lipinski definition) is 1. The Morgan fingerprint density at radius 1 is 1.56 bits per heavy atom. The molecule has 0 bridgehead atoms. The van der Waals surface area contributed by atoms with Crippen LogP contribution in [0.2, 0.25) is 0 Å². The van der Waals surface area contributed by atoms with Crippen LogP contribution in [0.3, 0.4) is 0 Å². The van der Waals surface area contributed by atoms with Gasteiger partial charge in [-0.05, 0) is 19.9 Å². The normalized spacial score (nSPS) is 16.3. The molecule has 0 radical (unpaired) electrons. The second-order valence-corrected chi connectivity index (χ2v) is 5.86. The van der Waals surface area contributed by atoms with E-state index in [1.54, 1.807) is 11.3 Å². The van der Waals surface area contributed by atoms with Crippen LogP contribution < -0.4 is 5.32 Å². The summed E-state index contributed by atoms with van der Waals surface area (Å²) in [6.45, 7) is 6.23. The molecule has 1 N–H and O–H groups in total. The largest absolute Gasteiger partial charge is 0.308 e. The lowest BCUT2D eigenvalue weighted by Gasteiger charge is -2.13. The van der Waals surface area contributed by atoms with Crippen molar-refractivity contribution >= 4 is 11.3 Å². The Morgan fingerprint density at radius 2 is 2.31 bits per heavy atom. The first-order valence-electron chi connectivity index (χ1n) is 6.02. The van der Waals surface area contributed by atoms with Gasteiger partial charge in [0.05, 0.1) is 5.69 Å². The van der Waals surface area contributed by atoms with E-state index in [1.807, 2.05) is 0 Å². The zero-order valence-corrected chi connectivity index (χ0v) is 11.2. The molecule has 2 rings (SSSR count). The predicted molar refractivity (Wildman–Crippen MR) is 68.6 cm³/mol. The van der Waals surface area contributed by atoms with Crippen LogP contribution >= 0.6 is 11.3 Å². The summed E-state index contributed by atoms with van der Waals surface area (Å²) < 4.78 is 0. The van der Waals surface area contributed by atoms with Gasteiger partial charge >= 0.3 is 0 Å². The fraction of sp³-hybridized carbons (Fsp3) is 0.750. The van der Waals surface area contributed by atoms with E-state index in [4.69, 9.17) is 0 Å². The minimum atomic E-state index is 0.529. The standard InChI is InChI=1S/C12H21N3S/c1-9(2)13-6-12-14-10(8-16-12)7-15(3)11-4-5-11/h8-9,11,13H,4-7H2,1-3H3. The maximum absolute atomic E-state index is 4.65. The lowest BCUT2D eigenvalue weighted by molar-refractivity contribution is 0.313. The van der Waals surface area contributed by atoms with Crippen molar-refractivity contribution in [2.24, 2.45) is 0 Å². The molecule has 90 valence electrons. The lowest BCUT2D eigenvalue weighted by Crippen LogP contribution is -2.22. The summed E-state index contributed by atoms with van der Waals surface area (Å²) >= 11 is 1.77. The summed E-state index contributed by atoms with van der Waals surface area (Å²) in [7, 11) is 2.20.